The molecule has 0 spiro atoms. The van der Waals surface area contributed by atoms with Gasteiger partial charge in [0.2, 0.25) is 0 Å². The Morgan fingerprint density at radius 1 is 1.39 bits per heavy atom. The van der Waals surface area contributed by atoms with Gasteiger partial charge in [0.25, 0.3) is 5.91 Å². The molecule has 1 heterocycles. The van der Waals surface area contributed by atoms with Crippen molar-refractivity contribution in [3.63, 3.8) is 0 Å². The molecule has 2 aromatic rings. The molecule has 1 aromatic heterocycles. The van der Waals surface area contributed by atoms with Gasteiger partial charge in [-0.2, -0.15) is 0 Å². The first kappa shape index (κ1) is 12.6. The Bertz CT molecular complexity index is 578. The summed E-state index contributed by atoms with van der Waals surface area (Å²) in [6.07, 6.45) is 3.00. The Morgan fingerprint density at radius 3 is 2.83 bits per heavy atom. The van der Waals surface area contributed by atoms with Crippen molar-refractivity contribution in [3.8, 4) is 0 Å². The number of nitrogen functional groups attached to an aromatic ring is 1. The number of benzene rings is 1. The quantitative estimate of drug-likeness (QED) is 0.896. The van der Waals surface area contributed by atoms with Gasteiger partial charge in [-0.25, -0.2) is 0 Å². The molecule has 3 N–H and O–H groups in total. The third kappa shape index (κ3) is 2.87. The zero-order valence-corrected chi connectivity index (χ0v) is 11.4. The van der Waals surface area contributed by atoms with Gasteiger partial charge >= 0.3 is 0 Å². The highest BCUT2D eigenvalue weighted by atomic mass is 79.9. The predicted octanol–water partition coefficient (Wildman–Crippen LogP) is 2.99. The highest BCUT2D eigenvalue weighted by Crippen LogP contribution is 2.20. The third-order valence-electron chi connectivity index (χ3n) is 2.40. The van der Waals surface area contributed by atoms with Crippen LogP contribution in [0.4, 0.5) is 11.4 Å². The molecule has 0 saturated carbocycles. The average Bonchev–Trinajstić information content (AvgIpc) is 2.27. The molecule has 4 nitrogen and oxygen atoms in total. The number of carbonyl (C=O) groups excluding carboxylic acids is 1. The summed E-state index contributed by atoms with van der Waals surface area (Å²) in [5.41, 5.74) is 8.28. The van der Waals surface area contributed by atoms with Crippen molar-refractivity contribution in [2.45, 2.75) is 6.92 Å². The summed E-state index contributed by atoms with van der Waals surface area (Å²) in [7, 11) is 0. The van der Waals surface area contributed by atoms with Gasteiger partial charge in [-0.1, -0.05) is 15.9 Å². The first-order chi connectivity index (χ1) is 8.56. The second-order valence-corrected chi connectivity index (χ2v) is 4.85. The fourth-order valence-electron chi connectivity index (χ4n) is 1.60. The molecule has 5 heteroatoms. The molecule has 1 aromatic carbocycles. The van der Waals surface area contributed by atoms with E-state index in [2.05, 4.69) is 26.2 Å². The number of amides is 1. The van der Waals surface area contributed by atoms with Gasteiger partial charge < -0.3 is 11.1 Å². The molecule has 92 valence electrons. The number of halogens is 1. The fourth-order valence-corrected chi connectivity index (χ4v) is 2.21. The van der Waals surface area contributed by atoms with Crippen molar-refractivity contribution < 1.29 is 4.79 Å². The molecule has 0 aliphatic carbocycles. The number of carbonyl (C=O) groups is 1. The molecule has 0 aliphatic rings. The third-order valence-corrected chi connectivity index (χ3v) is 2.86. The average molecular weight is 306 g/mol. The largest absolute Gasteiger partial charge is 0.398 e. The number of hydrogen-bond donors (Lipinski definition) is 2. The highest BCUT2D eigenvalue weighted by molar-refractivity contribution is 9.10. The summed E-state index contributed by atoms with van der Waals surface area (Å²) >= 11 is 3.39. The molecule has 2 rings (SSSR count). The summed E-state index contributed by atoms with van der Waals surface area (Å²) in [6, 6.07) is 7.28. The number of pyridine rings is 1. The van der Waals surface area contributed by atoms with Crippen LogP contribution in [0.5, 0.6) is 0 Å². The maximum atomic E-state index is 12.0. The first-order valence-electron chi connectivity index (χ1n) is 5.34. The van der Waals surface area contributed by atoms with E-state index in [0.29, 0.717) is 11.3 Å². The number of aromatic nitrogens is 1. The van der Waals surface area contributed by atoms with Gasteiger partial charge in [0.1, 0.15) is 0 Å². The Hall–Kier alpha value is -1.88. The predicted molar refractivity (Wildman–Crippen MR) is 75.5 cm³/mol. The van der Waals surface area contributed by atoms with Gasteiger partial charge in [0.15, 0.2) is 0 Å². The van der Waals surface area contributed by atoms with E-state index >= 15 is 0 Å². The van der Waals surface area contributed by atoms with Crippen LogP contribution in [0.15, 0.2) is 41.1 Å². The van der Waals surface area contributed by atoms with E-state index in [0.717, 1.165) is 15.7 Å². The van der Waals surface area contributed by atoms with E-state index in [9.17, 15) is 4.79 Å². The van der Waals surface area contributed by atoms with Crippen LogP contribution >= 0.6 is 15.9 Å². The normalized spacial score (nSPS) is 10.1. The lowest BCUT2D eigenvalue weighted by Gasteiger charge is -2.08. The van der Waals surface area contributed by atoms with Crippen LogP contribution in [0.25, 0.3) is 0 Å². The van der Waals surface area contributed by atoms with Gasteiger partial charge in [0.05, 0.1) is 5.56 Å². The summed E-state index contributed by atoms with van der Waals surface area (Å²) < 4.78 is 0.914. The molecular formula is C13H12BrN3O. The summed E-state index contributed by atoms with van der Waals surface area (Å²) in [5, 5.41) is 2.79. The van der Waals surface area contributed by atoms with E-state index in [1.54, 1.807) is 12.3 Å². The first-order valence-corrected chi connectivity index (χ1v) is 6.13. The lowest BCUT2D eigenvalue weighted by atomic mass is 10.2. The van der Waals surface area contributed by atoms with Crippen molar-refractivity contribution in [1.29, 1.82) is 0 Å². The van der Waals surface area contributed by atoms with Crippen LogP contribution in [0.3, 0.4) is 0 Å². The van der Waals surface area contributed by atoms with E-state index < -0.39 is 0 Å². The van der Waals surface area contributed by atoms with Crippen LogP contribution in [0.2, 0.25) is 0 Å². The highest BCUT2D eigenvalue weighted by Gasteiger charge is 2.10. The number of anilines is 2. The number of nitrogens with two attached hydrogens (primary N) is 1. The van der Waals surface area contributed by atoms with Crippen LogP contribution in [-0.4, -0.2) is 10.9 Å². The van der Waals surface area contributed by atoms with Crippen LogP contribution < -0.4 is 11.1 Å². The Balaban J connectivity index is 2.24. The SMILES string of the molecule is Cc1cc(Br)cc(NC(=O)c2cnccc2N)c1. The molecule has 0 radical (unpaired) electrons. The Labute approximate surface area is 113 Å². The maximum Gasteiger partial charge on any atom is 0.259 e. The summed E-state index contributed by atoms with van der Waals surface area (Å²) in [5.74, 6) is -0.266. The minimum atomic E-state index is -0.266. The molecule has 18 heavy (non-hydrogen) atoms. The van der Waals surface area contributed by atoms with Crippen LogP contribution in [0.1, 0.15) is 15.9 Å². The van der Waals surface area contributed by atoms with Gasteiger partial charge in [-0.05, 0) is 36.8 Å². The van der Waals surface area contributed by atoms with E-state index in [1.807, 2.05) is 25.1 Å². The van der Waals surface area contributed by atoms with Crippen molar-refractivity contribution in [3.05, 3.63) is 52.3 Å². The summed E-state index contributed by atoms with van der Waals surface area (Å²) in [4.78, 5) is 15.9. The lowest BCUT2D eigenvalue weighted by Crippen LogP contribution is -2.14. The van der Waals surface area contributed by atoms with E-state index in [1.165, 1.54) is 6.20 Å². The van der Waals surface area contributed by atoms with Gasteiger partial charge in [-0.15, -0.1) is 0 Å². The minimum Gasteiger partial charge on any atom is -0.398 e. The molecule has 0 fully saturated rings. The van der Waals surface area contributed by atoms with Crippen molar-refractivity contribution in [1.82, 2.24) is 4.98 Å². The minimum absolute atomic E-state index is 0.266. The maximum absolute atomic E-state index is 12.0. The second-order valence-electron chi connectivity index (χ2n) is 3.93. The van der Waals surface area contributed by atoms with Crippen molar-refractivity contribution >= 4 is 33.2 Å². The zero-order valence-electron chi connectivity index (χ0n) is 9.77. The summed E-state index contributed by atoms with van der Waals surface area (Å²) in [6.45, 7) is 1.96. The molecule has 0 aliphatic heterocycles. The molecule has 0 atom stereocenters. The van der Waals surface area contributed by atoms with E-state index in [4.69, 9.17) is 5.73 Å². The number of nitrogens with zero attached hydrogens (tertiary/aromatic N) is 1. The Morgan fingerprint density at radius 2 is 2.17 bits per heavy atom. The topological polar surface area (TPSA) is 68.0 Å². The fraction of sp³-hybridized carbons (Fsp3) is 0.0769. The monoisotopic (exact) mass is 305 g/mol. The van der Waals surface area contributed by atoms with Crippen molar-refractivity contribution in [2.75, 3.05) is 11.1 Å². The molecule has 0 bridgehead atoms. The molecule has 0 saturated heterocycles. The second kappa shape index (κ2) is 5.18. The lowest BCUT2D eigenvalue weighted by molar-refractivity contribution is 0.102. The number of aryl methyl sites for hydroxylation is 1. The smallest absolute Gasteiger partial charge is 0.259 e. The number of rotatable bonds is 2. The number of hydrogen-bond acceptors (Lipinski definition) is 3. The molecule has 1 amide bonds. The molecular weight excluding hydrogens is 294 g/mol. The van der Waals surface area contributed by atoms with E-state index in [-0.39, 0.29) is 5.91 Å². The molecule has 0 unspecified atom stereocenters. The van der Waals surface area contributed by atoms with Crippen LogP contribution in [0, 0.1) is 6.92 Å². The standard InChI is InChI=1S/C13H12BrN3O/c1-8-4-9(14)6-10(5-8)17-13(18)11-7-16-3-2-12(11)15/h2-7H,1H3,(H2,15,16)(H,17,18). The zero-order chi connectivity index (χ0) is 13.1. The Kier molecular flexibility index (Phi) is 3.62. The van der Waals surface area contributed by atoms with Crippen molar-refractivity contribution in [2.24, 2.45) is 0 Å². The van der Waals surface area contributed by atoms with Gasteiger partial charge in [0, 0.05) is 28.2 Å². The number of nitrogens with one attached hydrogen (secondary N) is 1. The van der Waals surface area contributed by atoms with Gasteiger partial charge in [-0.3, -0.25) is 9.78 Å². The van der Waals surface area contributed by atoms with Crippen LogP contribution in [-0.2, 0) is 0 Å².